The molecule has 0 saturated carbocycles. The van der Waals surface area contributed by atoms with Gasteiger partial charge in [-0.3, -0.25) is 19.3 Å². The molecule has 278 valence electrons. The van der Waals surface area contributed by atoms with Gasteiger partial charge in [-0.2, -0.15) is 5.10 Å². The number of aromatic nitrogens is 5. The van der Waals surface area contributed by atoms with Crippen LogP contribution in [0.3, 0.4) is 0 Å². The molecule has 0 bridgehead atoms. The van der Waals surface area contributed by atoms with Gasteiger partial charge in [-0.1, -0.05) is 59.8 Å². The molecule has 3 heterocycles. The summed E-state index contributed by atoms with van der Waals surface area (Å²) in [6, 6.07) is 16.1. The minimum atomic E-state index is -1.01. The van der Waals surface area contributed by atoms with Crippen LogP contribution in [0.5, 0.6) is 5.75 Å². The third-order valence-electron chi connectivity index (χ3n) is 7.64. The Morgan fingerprint density at radius 1 is 1.17 bits per heavy atom. The van der Waals surface area contributed by atoms with Crippen LogP contribution < -0.4 is 31.4 Å². The number of amides is 3. The summed E-state index contributed by atoms with van der Waals surface area (Å²) in [6.07, 6.45) is 0.970. The molecule has 0 aliphatic carbocycles. The van der Waals surface area contributed by atoms with E-state index in [0.717, 1.165) is 22.6 Å². The van der Waals surface area contributed by atoms with Crippen LogP contribution in [-0.2, 0) is 25.7 Å². The lowest BCUT2D eigenvalue weighted by Crippen LogP contribution is -2.53. The Hall–Kier alpha value is -5.64. The summed E-state index contributed by atoms with van der Waals surface area (Å²) in [5.74, 6) is 7.69. The molecule has 0 radical (unpaired) electrons. The molecule has 0 spiro atoms. The van der Waals surface area contributed by atoms with Gasteiger partial charge in [0.25, 0.3) is 17.7 Å². The van der Waals surface area contributed by atoms with Crippen molar-refractivity contribution in [1.82, 2.24) is 40.5 Å². The Bertz CT molecular complexity index is 2020. The van der Waals surface area contributed by atoms with Crippen LogP contribution >= 0.6 is 23.4 Å². The van der Waals surface area contributed by atoms with Crippen LogP contribution in [0, 0.1) is 12.0 Å². The minimum absolute atomic E-state index is 0.0992. The lowest BCUT2D eigenvalue weighted by atomic mass is 10.2. The van der Waals surface area contributed by atoms with Gasteiger partial charge in [0.2, 0.25) is 5.84 Å². The SMILES string of the molecule is CCCSc1nc(NCCOCCNC(=O)C#CN(C)/C(=N\N)C(=O)N[C@H]2COc3ccccc3N(C)C2=O)c2nnn(Cc3ccc(Cl)cc3)c2n1. The van der Waals surface area contributed by atoms with Crippen LogP contribution in [-0.4, -0.2) is 112 Å². The highest BCUT2D eigenvalue weighted by atomic mass is 35.5. The molecule has 19 heteroatoms. The molecule has 17 nitrogen and oxygen atoms in total. The third-order valence-corrected chi connectivity index (χ3v) is 8.95. The van der Waals surface area contributed by atoms with Crippen molar-refractivity contribution in [3.05, 3.63) is 59.1 Å². The minimum Gasteiger partial charge on any atom is -0.489 e. The number of halogens is 1. The summed E-state index contributed by atoms with van der Waals surface area (Å²) in [7, 11) is 3.00. The van der Waals surface area contributed by atoms with Gasteiger partial charge in [-0.25, -0.2) is 14.6 Å². The number of ether oxygens (including phenoxy) is 2. The zero-order valence-electron chi connectivity index (χ0n) is 29.3. The molecular weight excluding hydrogens is 724 g/mol. The molecule has 0 fully saturated rings. The Morgan fingerprint density at radius 2 is 1.94 bits per heavy atom. The molecule has 1 atom stereocenters. The maximum atomic E-state index is 13.0. The zero-order chi connectivity index (χ0) is 37.7. The number of hydrogen-bond acceptors (Lipinski definition) is 13. The average molecular weight is 763 g/mol. The quantitative estimate of drug-likeness (QED) is 0.0176. The number of hydrogen-bond donors (Lipinski definition) is 4. The number of para-hydroxylation sites is 2. The van der Waals surface area contributed by atoms with E-state index in [1.165, 1.54) is 11.9 Å². The smallest absolute Gasteiger partial charge is 0.297 e. The number of nitrogens with one attached hydrogen (secondary N) is 3. The van der Waals surface area contributed by atoms with Gasteiger partial charge >= 0.3 is 0 Å². The molecule has 3 amide bonds. The lowest BCUT2D eigenvalue weighted by molar-refractivity contribution is -0.125. The van der Waals surface area contributed by atoms with Crippen molar-refractivity contribution >= 4 is 69.6 Å². The first-order valence-electron chi connectivity index (χ1n) is 16.6. The lowest BCUT2D eigenvalue weighted by Gasteiger charge is -2.21. The number of benzene rings is 2. The van der Waals surface area contributed by atoms with Crippen molar-refractivity contribution < 1.29 is 23.9 Å². The predicted octanol–water partition coefficient (Wildman–Crippen LogP) is 1.67. The van der Waals surface area contributed by atoms with Gasteiger partial charge in [-0.15, -0.1) is 5.10 Å². The van der Waals surface area contributed by atoms with E-state index in [4.69, 9.17) is 31.9 Å². The largest absolute Gasteiger partial charge is 0.489 e. The maximum absolute atomic E-state index is 13.0. The second-order valence-corrected chi connectivity index (χ2v) is 13.0. The molecule has 4 aromatic rings. The van der Waals surface area contributed by atoms with Gasteiger partial charge in [0, 0.05) is 49.9 Å². The van der Waals surface area contributed by atoms with Crippen molar-refractivity contribution in [1.29, 1.82) is 0 Å². The number of carbonyl (C=O) groups excluding carboxylic acids is 3. The first-order chi connectivity index (χ1) is 25.7. The summed E-state index contributed by atoms with van der Waals surface area (Å²) in [6.45, 7) is 3.59. The zero-order valence-corrected chi connectivity index (χ0v) is 30.9. The van der Waals surface area contributed by atoms with Crippen molar-refractivity contribution in [2.75, 3.05) is 63.0 Å². The first kappa shape index (κ1) is 38.6. The van der Waals surface area contributed by atoms with Gasteiger partial charge in [0.15, 0.2) is 22.1 Å². The van der Waals surface area contributed by atoms with E-state index in [9.17, 15) is 14.4 Å². The fraction of sp³-hybridized carbons (Fsp3) is 0.353. The fourth-order valence-electron chi connectivity index (χ4n) is 4.98. The second kappa shape index (κ2) is 18.7. The number of carbonyl (C=O) groups is 3. The summed E-state index contributed by atoms with van der Waals surface area (Å²) >= 11 is 7.59. The predicted molar refractivity (Wildman–Crippen MR) is 201 cm³/mol. The topological polar surface area (TPSA) is 207 Å². The van der Waals surface area contributed by atoms with E-state index in [2.05, 4.69) is 55.2 Å². The van der Waals surface area contributed by atoms with Crippen LogP contribution in [0.1, 0.15) is 18.9 Å². The molecule has 0 saturated heterocycles. The van der Waals surface area contributed by atoms with Gasteiger partial charge in [-0.05, 0) is 36.2 Å². The van der Waals surface area contributed by atoms with E-state index in [-0.39, 0.29) is 31.5 Å². The number of fused-ring (bicyclic) bond motifs is 2. The second-order valence-electron chi connectivity index (χ2n) is 11.5. The van der Waals surface area contributed by atoms with Crippen LogP contribution in [0.2, 0.25) is 5.02 Å². The highest BCUT2D eigenvalue weighted by molar-refractivity contribution is 7.99. The Morgan fingerprint density at radius 3 is 2.72 bits per heavy atom. The van der Waals surface area contributed by atoms with Gasteiger partial charge in [0.1, 0.15) is 18.4 Å². The number of anilines is 2. The molecule has 53 heavy (non-hydrogen) atoms. The molecule has 1 aliphatic heterocycles. The summed E-state index contributed by atoms with van der Waals surface area (Å²) in [4.78, 5) is 50.1. The molecule has 5 N–H and O–H groups in total. The fourth-order valence-corrected chi connectivity index (χ4v) is 5.80. The number of hydrazone groups is 1. The standard InChI is InChI=1S/C34H39ClN12O5S/c1-4-19-53-34-40-29(28-30(41-34)47(44-43-28)20-22-9-11-23(35)12-10-22)38-15-18-51-17-14-37-27(48)13-16-45(2)31(42-36)32(49)39-24-21-52-26-8-6-5-7-25(26)46(3)33(24)50/h5-12,24H,4,14-15,17-21,36H2,1-3H3,(H,37,48)(H,39,49)(H,38,40,41)/b42-31-/t24-/m0/s1. The Balaban J connectivity index is 1.06. The van der Waals surface area contributed by atoms with Crippen molar-refractivity contribution in [2.45, 2.75) is 31.1 Å². The van der Waals surface area contributed by atoms with E-state index in [0.29, 0.717) is 58.3 Å². The van der Waals surface area contributed by atoms with Crippen LogP contribution in [0.25, 0.3) is 11.2 Å². The highest BCUT2D eigenvalue weighted by Crippen LogP contribution is 2.30. The van der Waals surface area contributed by atoms with Crippen molar-refractivity contribution in [3.8, 4) is 17.7 Å². The van der Waals surface area contributed by atoms with Crippen molar-refractivity contribution in [3.63, 3.8) is 0 Å². The van der Waals surface area contributed by atoms with Gasteiger partial charge in [0.05, 0.1) is 25.4 Å². The van der Waals surface area contributed by atoms with Crippen molar-refractivity contribution in [2.24, 2.45) is 10.9 Å². The highest BCUT2D eigenvalue weighted by Gasteiger charge is 2.32. The first-order valence-corrected chi connectivity index (χ1v) is 18.0. The third kappa shape index (κ3) is 10.2. The number of nitrogens with zero attached hydrogens (tertiary/aromatic N) is 8. The summed E-state index contributed by atoms with van der Waals surface area (Å²) in [5, 5.41) is 21.9. The Kier molecular flexibility index (Phi) is 13.6. The Labute approximate surface area is 315 Å². The monoisotopic (exact) mass is 762 g/mol. The van der Waals surface area contributed by atoms with Gasteiger partial charge < -0.3 is 36.2 Å². The van der Waals surface area contributed by atoms with E-state index < -0.39 is 17.9 Å². The molecule has 2 aromatic carbocycles. The number of likely N-dealkylation sites (N-methyl/N-ethyl adjacent to an activating group) is 2. The maximum Gasteiger partial charge on any atom is 0.297 e. The normalized spacial score (nSPS) is 14.0. The van der Waals surface area contributed by atoms with Crippen LogP contribution in [0.15, 0.2) is 58.8 Å². The van der Waals surface area contributed by atoms with E-state index >= 15 is 0 Å². The van der Waals surface area contributed by atoms with Crippen LogP contribution in [0.4, 0.5) is 11.5 Å². The molecular formula is C34H39ClN12O5S. The molecule has 5 rings (SSSR count). The summed E-state index contributed by atoms with van der Waals surface area (Å²) < 4.78 is 13.1. The molecule has 0 unspecified atom stereocenters. The van der Waals surface area contributed by atoms with E-state index in [1.807, 2.05) is 24.3 Å². The molecule has 1 aliphatic rings. The average Bonchev–Trinajstić information content (AvgIpc) is 3.52. The molecule has 2 aromatic heterocycles. The van der Waals surface area contributed by atoms with E-state index in [1.54, 1.807) is 47.8 Å². The number of amidine groups is 1. The summed E-state index contributed by atoms with van der Waals surface area (Å²) in [5.41, 5.74) is 2.74. The number of rotatable bonds is 13. The number of thioether (sulfide) groups is 1. The number of nitrogens with two attached hydrogens (primary N) is 1.